The number of benzene rings is 2. The fourth-order valence-electron chi connectivity index (χ4n) is 2.37. The highest BCUT2D eigenvalue weighted by Crippen LogP contribution is 2.43. The molecule has 0 saturated carbocycles. The molecule has 2 aromatic carbocycles. The van der Waals surface area contributed by atoms with E-state index < -0.39 is 73.2 Å². The minimum atomic E-state index is -5.49. The molecule has 0 amide bonds. The van der Waals surface area contributed by atoms with E-state index in [-0.39, 0.29) is 30.3 Å². The number of hydrogen-bond acceptors (Lipinski definition) is 2. The monoisotopic (exact) mass is 489 g/mol. The van der Waals surface area contributed by atoms with E-state index in [4.69, 9.17) is 5.73 Å². The molecule has 0 aliphatic heterocycles. The van der Waals surface area contributed by atoms with Gasteiger partial charge in [-0.15, -0.1) is 0 Å². The molecular formula is C16H7F12NOS. The first-order valence-corrected chi connectivity index (χ1v) is 8.67. The maximum Gasteiger partial charge on any atom is 0.418 e. The zero-order chi connectivity index (χ0) is 24.2. The van der Waals surface area contributed by atoms with Crippen LogP contribution in [0.25, 0.3) is 0 Å². The van der Waals surface area contributed by atoms with Crippen molar-refractivity contribution in [2.45, 2.75) is 34.5 Å². The summed E-state index contributed by atoms with van der Waals surface area (Å²) in [4.78, 5) is -2.66. The maximum absolute atomic E-state index is 13.1. The van der Waals surface area contributed by atoms with Gasteiger partial charge < -0.3 is 5.73 Å². The Hall–Kier alpha value is -2.45. The van der Waals surface area contributed by atoms with Gasteiger partial charge >= 0.3 is 24.7 Å². The molecule has 172 valence electrons. The molecule has 0 saturated heterocycles. The van der Waals surface area contributed by atoms with Gasteiger partial charge in [0.1, 0.15) is 0 Å². The van der Waals surface area contributed by atoms with Crippen LogP contribution in [0.5, 0.6) is 0 Å². The van der Waals surface area contributed by atoms with Crippen LogP contribution in [0, 0.1) is 0 Å². The van der Waals surface area contributed by atoms with Crippen LogP contribution in [0.1, 0.15) is 22.3 Å². The molecule has 2 aromatic rings. The fraction of sp³-hybridized carbons (Fsp3) is 0.250. The van der Waals surface area contributed by atoms with Gasteiger partial charge in [0.05, 0.1) is 38.7 Å². The average molecular weight is 489 g/mol. The molecule has 2 nitrogen and oxygen atoms in total. The van der Waals surface area contributed by atoms with Crippen molar-refractivity contribution in [1.82, 2.24) is 0 Å². The van der Waals surface area contributed by atoms with Gasteiger partial charge in [-0.3, -0.25) is 0 Å². The summed E-state index contributed by atoms with van der Waals surface area (Å²) in [6, 6.07) is -0.737. The van der Waals surface area contributed by atoms with E-state index in [1.54, 1.807) is 0 Å². The maximum atomic E-state index is 13.1. The van der Waals surface area contributed by atoms with Crippen molar-refractivity contribution in [3.05, 3.63) is 52.6 Å². The zero-order valence-electron chi connectivity index (χ0n) is 14.3. The molecule has 2 N–H and O–H groups in total. The molecule has 0 heterocycles. The second kappa shape index (κ2) is 7.60. The summed E-state index contributed by atoms with van der Waals surface area (Å²) in [7, 11) is -3.29. The largest absolute Gasteiger partial charge is 0.418 e. The Kier molecular flexibility index (Phi) is 6.08. The molecule has 0 aromatic heterocycles. The number of alkyl halides is 12. The molecule has 0 radical (unpaired) electrons. The average Bonchev–Trinajstić information content (AvgIpc) is 2.57. The Morgan fingerprint density at radius 1 is 0.548 bits per heavy atom. The Labute approximate surface area is 167 Å². The van der Waals surface area contributed by atoms with Gasteiger partial charge in [-0.25, -0.2) is 4.21 Å². The SMILES string of the molecule is Nc1c(C(F)(F)F)cc(S(=O)c2cc(C(F)(F)F)cc(C(F)(F)F)c2)cc1C(F)(F)F. The second-order valence-corrected chi connectivity index (χ2v) is 7.42. The summed E-state index contributed by atoms with van der Waals surface area (Å²) in [6.45, 7) is 0. The predicted molar refractivity (Wildman–Crippen MR) is 82.0 cm³/mol. The Morgan fingerprint density at radius 2 is 0.871 bits per heavy atom. The topological polar surface area (TPSA) is 43.1 Å². The minimum absolute atomic E-state index is 0.0672. The summed E-state index contributed by atoms with van der Waals surface area (Å²) in [5, 5.41) is 0. The third-order valence-electron chi connectivity index (χ3n) is 3.75. The van der Waals surface area contributed by atoms with Gasteiger partial charge in [-0.05, 0) is 30.3 Å². The van der Waals surface area contributed by atoms with Crippen molar-refractivity contribution in [2.24, 2.45) is 0 Å². The number of nitrogens with two attached hydrogens (primary N) is 1. The normalized spacial score (nSPS) is 14.6. The summed E-state index contributed by atoms with van der Waals surface area (Å²) < 4.78 is 168. The van der Waals surface area contributed by atoms with Gasteiger partial charge in [-0.2, -0.15) is 52.7 Å². The lowest BCUT2D eigenvalue weighted by Gasteiger charge is -2.18. The van der Waals surface area contributed by atoms with Crippen molar-refractivity contribution in [3.8, 4) is 0 Å². The Morgan fingerprint density at radius 3 is 1.16 bits per heavy atom. The first-order chi connectivity index (χ1) is 13.7. The van der Waals surface area contributed by atoms with E-state index in [9.17, 15) is 56.9 Å². The van der Waals surface area contributed by atoms with Gasteiger partial charge in [0.2, 0.25) is 0 Å². The second-order valence-electron chi connectivity index (χ2n) is 5.94. The van der Waals surface area contributed by atoms with E-state index in [0.717, 1.165) is 0 Å². The summed E-state index contributed by atoms with van der Waals surface area (Å²) in [5.74, 6) is 0. The molecule has 2 rings (SSSR count). The molecule has 0 aliphatic carbocycles. The van der Waals surface area contributed by atoms with Gasteiger partial charge in [-0.1, -0.05) is 0 Å². The first-order valence-electron chi connectivity index (χ1n) is 7.52. The standard InChI is InChI=1S/C16H7F12NOS/c17-13(18,19)6-1-7(14(20,21)22)3-8(2-6)31(30)9-4-10(15(23,24)25)12(29)11(5-9)16(26,27)28/h1-5H,29H2. The lowest BCUT2D eigenvalue weighted by molar-refractivity contribution is -0.144. The molecule has 15 heteroatoms. The molecule has 1 unspecified atom stereocenters. The smallest absolute Gasteiger partial charge is 0.398 e. The summed E-state index contributed by atoms with van der Waals surface area (Å²) in [6.07, 6.45) is -21.7. The van der Waals surface area contributed by atoms with Crippen LogP contribution in [0.15, 0.2) is 40.1 Å². The summed E-state index contributed by atoms with van der Waals surface area (Å²) >= 11 is 0. The van der Waals surface area contributed by atoms with Crippen molar-refractivity contribution >= 4 is 16.5 Å². The molecule has 0 bridgehead atoms. The van der Waals surface area contributed by atoms with E-state index in [1.807, 2.05) is 0 Å². The minimum Gasteiger partial charge on any atom is -0.398 e. The van der Waals surface area contributed by atoms with Crippen molar-refractivity contribution in [1.29, 1.82) is 0 Å². The van der Waals surface area contributed by atoms with Crippen molar-refractivity contribution in [2.75, 3.05) is 5.73 Å². The number of halogens is 12. The van der Waals surface area contributed by atoms with Crippen molar-refractivity contribution in [3.63, 3.8) is 0 Å². The lowest BCUT2D eigenvalue weighted by Crippen LogP contribution is -2.17. The lowest BCUT2D eigenvalue weighted by atomic mass is 10.1. The third-order valence-corrected chi connectivity index (χ3v) is 5.08. The van der Waals surface area contributed by atoms with E-state index in [0.29, 0.717) is 0 Å². The molecule has 31 heavy (non-hydrogen) atoms. The Balaban J connectivity index is 2.80. The molecular weight excluding hydrogens is 482 g/mol. The van der Waals surface area contributed by atoms with Crippen LogP contribution in [-0.4, -0.2) is 4.21 Å². The Bertz CT molecular complexity index is 950. The summed E-state index contributed by atoms with van der Waals surface area (Å²) in [5.41, 5.74) is -5.01. The molecule has 0 spiro atoms. The third kappa shape index (κ3) is 5.43. The van der Waals surface area contributed by atoms with Crippen LogP contribution in [0.3, 0.4) is 0 Å². The molecule has 0 fully saturated rings. The highest BCUT2D eigenvalue weighted by atomic mass is 32.2. The van der Waals surface area contributed by atoms with Gasteiger partial charge in [0.15, 0.2) is 0 Å². The zero-order valence-corrected chi connectivity index (χ0v) is 15.1. The van der Waals surface area contributed by atoms with Gasteiger partial charge in [0.25, 0.3) is 0 Å². The molecule has 0 aliphatic rings. The van der Waals surface area contributed by atoms with Gasteiger partial charge in [0, 0.05) is 9.79 Å². The van der Waals surface area contributed by atoms with Crippen LogP contribution >= 0.6 is 0 Å². The van der Waals surface area contributed by atoms with E-state index >= 15 is 0 Å². The van der Waals surface area contributed by atoms with Crippen molar-refractivity contribution < 1.29 is 56.9 Å². The number of anilines is 1. The van der Waals surface area contributed by atoms with E-state index in [1.165, 1.54) is 0 Å². The van der Waals surface area contributed by atoms with E-state index in [2.05, 4.69) is 0 Å². The number of rotatable bonds is 2. The van der Waals surface area contributed by atoms with Crippen LogP contribution in [0.4, 0.5) is 58.4 Å². The number of hydrogen-bond donors (Lipinski definition) is 1. The predicted octanol–water partition coefficient (Wildman–Crippen LogP) is 6.51. The highest BCUT2D eigenvalue weighted by Gasteiger charge is 2.42. The first kappa shape index (κ1) is 24.8. The fourth-order valence-corrected chi connectivity index (χ4v) is 3.56. The molecule has 1 atom stereocenters. The van der Waals surface area contributed by atoms with Crippen LogP contribution in [0.2, 0.25) is 0 Å². The quantitative estimate of drug-likeness (QED) is 0.386. The van der Waals surface area contributed by atoms with Crippen LogP contribution < -0.4 is 5.73 Å². The highest BCUT2D eigenvalue weighted by molar-refractivity contribution is 7.85. The van der Waals surface area contributed by atoms with Crippen LogP contribution in [-0.2, 0) is 35.5 Å². The number of nitrogen functional groups attached to an aromatic ring is 1.